The van der Waals surface area contributed by atoms with Crippen molar-refractivity contribution in [1.29, 1.82) is 0 Å². The Morgan fingerprint density at radius 3 is 2.18 bits per heavy atom. The Labute approximate surface area is 102 Å². The van der Waals surface area contributed by atoms with Crippen LogP contribution in [0, 0.1) is 11.8 Å². The van der Waals surface area contributed by atoms with E-state index in [-0.39, 0.29) is 17.7 Å². The van der Waals surface area contributed by atoms with Gasteiger partial charge in [0, 0.05) is 19.0 Å². The number of nitrogens with zero attached hydrogens (tertiary/aromatic N) is 1. The summed E-state index contributed by atoms with van der Waals surface area (Å²) in [4.78, 5) is 25.0. The molecule has 0 aliphatic heterocycles. The van der Waals surface area contributed by atoms with Crippen LogP contribution in [0.4, 0.5) is 0 Å². The van der Waals surface area contributed by atoms with Crippen LogP contribution in [0.2, 0.25) is 0 Å². The summed E-state index contributed by atoms with van der Waals surface area (Å²) in [6.07, 6.45) is 6.58. The van der Waals surface area contributed by atoms with Crippen LogP contribution in [0.3, 0.4) is 0 Å². The van der Waals surface area contributed by atoms with Crippen molar-refractivity contribution in [2.75, 3.05) is 7.05 Å². The van der Waals surface area contributed by atoms with Crippen LogP contribution in [0.25, 0.3) is 0 Å². The quantitative estimate of drug-likeness (QED) is 0.818. The van der Waals surface area contributed by atoms with E-state index in [1.165, 1.54) is 12.8 Å². The predicted molar refractivity (Wildman–Crippen MR) is 63.5 cm³/mol. The molecule has 2 aliphatic carbocycles. The van der Waals surface area contributed by atoms with Crippen molar-refractivity contribution in [1.82, 2.24) is 4.90 Å². The van der Waals surface area contributed by atoms with E-state index in [0.29, 0.717) is 18.9 Å². The number of hydrogen-bond acceptors (Lipinski definition) is 2. The third kappa shape index (κ3) is 2.61. The number of carboxylic acid groups (broad SMARTS) is 1. The summed E-state index contributed by atoms with van der Waals surface area (Å²) in [5.41, 5.74) is 0. The second kappa shape index (κ2) is 5.07. The van der Waals surface area contributed by atoms with Gasteiger partial charge < -0.3 is 10.0 Å². The molecule has 0 heterocycles. The minimum atomic E-state index is -0.746. The number of hydrogen-bond donors (Lipinski definition) is 1. The zero-order valence-corrected chi connectivity index (χ0v) is 10.4. The van der Waals surface area contributed by atoms with Gasteiger partial charge in [-0.2, -0.15) is 0 Å². The minimum Gasteiger partial charge on any atom is -0.481 e. The molecule has 0 bridgehead atoms. The maximum Gasteiger partial charge on any atom is 0.306 e. The molecule has 2 saturated carbocycles. The molecule has 4 heteroatoms. The first-order valence-corrected chi connectivity index (χ1v) is 6.59. The normalized spacial score (nSPS) is 29.5. The standard InChI is InChI=1S/C13H21NO3/c1-14(11-4-2-3-5-11)12(15)9-6-7-10(8-9)13(16)17/h9-11H,2-8H2,1H3,(H,16,17). The molecule has 0 saturated heterocycles. The van der Waals surface area contributed by atoms with Gasteiger partial charge in [0.25, 0.3) is 0 Å². The SMILES string of the molecule is CN(C(=O)C1CCC(C(=O)O)C1)C1CCCC1. The molecular formula is C13H21NO3. The highest BCUT2D eigenvalue weighted by atomic mass is 16.4. The van der Waals surface area contributed by atoms with Crippen molar-refractivity contribution in [3.63, 3.8) is 0 Å². The Balaban J connectivity index is 1.89. The molecule has 0 radical (unpaired) electrons. The molecule has 2 aliphatic rings. The average Bonchev–Trinajstić information content (AvgIpc) is 2.97. The topological polar surface area (TPSA) is 57.6 Å². The van der Waals surface area contributed by atoms with Gasteiger partial charge in [-0.25, -0.2) is 0 Å². The molecule has 2 atom stereocenters. The molecule has 1 N–H and O–H groups in total. The zero-order chi connectivity index (χ0) is 12.4. The molecule has 2 fully saturated rings. The highest BCUT2D eigenvalue weighted by Gasteiger charge is 2.36. The largest absolute Gasteiger partial charge is 0.481 e. The lowest BCUT2D eigenvalue weighted by Crippen LogP contribution is -2.38. The predicted octanol–water partition coefficient (Wildman–Crippen LogP) is 1.89. The van der Waals surface area contributed by atoms with Gasteiger partial charge in [0.15, 0.2) is 0 Å². The third-order valence-electron chi connectivity index (χ3n) is 4.35. The first kappa shape index (κ1) is 12.4. The fourth-order valence-electron chi connectivity index (χ4n) is 3.19. The lowest BCUT2D eigenvalue weighted by atomic mass is 10.0. The first-order valence-electron chi connectivity index (χ1n) is 6.59. The van der Waals surface area contributed by atoms with E-state index >= 15 is 0 Å². The molecule has 4 nitrogen and oxygen atoms in total. The molecule has 2 unspecified atom stereocenters. The highest BCUT2D eigenvalue weighted by Crippen LogP contribution is 2.33. The van der Waals surface area contributed by atoms with E-state index in [0.717, 1.165) is 19.3 Å². The smallest absolute Gasteiger partial charge is 0.306 e. The Bertz CT molecular complexity index is 310. The molecule has 96 valence electrons. The lowest BCUT2D eigenvalue weighted by molar-refractivity contribution is -0.141. The Kier molecular flexibility index (Phi) is 3.69. The van der Waals surface area contributed by atoms with E-state index in [1.54, 1.807) is 0 Å². The molecule has 2 rings (SSSR count). The zero-order valence-electron chi connectivity index (χ0n) is 10.4. The van der Waals surface area contributed by atoms with E-state index in [9.17, 15) is 9.59 Å². The summed E-state index contributed by atoms with van der Waals surface area (Å²) in [5.74, 6) is -0.938. The highest BCUT2D eigenvalue weighted by molar-refractivity contribution is 5.81. The number of carbonyl (C=O) groups is 2. The average molecular weight is 239 g/mol. The van der Waals surface area contributed by atoms with Gasteiger partial charge in [0.2, 0.25) is 5.91 Å². The van der Waals surface area contributed by atoms with Crippen molar-refractivity contribution >= 4 is 11.9 Å². The molecule has 0 aromatic carbocycles. The molecule has 1 amide bonds. The first-order chi connectivity index (χ1) is 8.09. The Morgan fingerprint density at radius 1 is 1.06 bits per heavy atom. The van der Waals surface area contributed by atoms with Gasteiger partial charge in [0.1, 0.15) is 0 Å². The summed E-state index contributed by atoms with van der Waals surface area (Å²) in [7, 11) is 1.88. The molecule has 0 aromatic rings. The van der Waals surface area contributed by atoms with Crippen LogP contribution in [0.1, 0.15) is 44.9 Å². The molecule has 17 heavy (non-hydrogen) atoms. The number of amides is 1. The van der Waals surface area contributed by atoms with Crippen molar-refractivity contribution in [2.45, 2.75) is 51.0 Å². The van der Waals surface area contributed by atoms with Crippen LogP contribution < -0.4 is 0 Å². The second-order valence-corrected chi connectivity index (χ2v) is 5.43. The number of rotatable bonds is 3. The van der Waals surface area contributed by atoms with Crippen molar-refractivity contribution < 1.29 is 14.7 Å². The summed E-state index contributed by atoms with van der Waals surface area (Å²) in [6.45, 7) is 0. The Morgan fingerprint density at radius 2 is 1.65 bits per heavy atom. The summed E-state index contributed by atoms with van der Waals surface area (Å²) >= 11 is 0. The summed E-state index contributed by atoms with van der Waals surface area (Å²) in [5, 5.41) is 8.94. The van der Waals surface area contributed by atoms with Crippen molar-refractivity contribution in [2.24, 2.45) is 11.8 Å². The van der Waals surface area contributed by atoms with Crippen LogP contribution in [-0.2, 0) is 9.59 Å². The summed E-state index contributed by atoms with van der Waals surface area (Å²) in [6, 6.07) is 0.395. The minimum absolute atomic E-state index is 0.0540. The molecule has 0 aromatic heterocycles. The fourth-order valence-corrected chi connectivity index (χ4v) is 3.19. The van der Waals surface area contributed by atoms with Gasteiger partial charge in [-0.1, -0.05) is 12.8 Å². The lowest BCUT2D eigenvalue weighted by Gasteiger charge is -2.27. The number of carbonyl (C=O) groups excluding carboxylic acids is 1. The van der Waals surface area contributed by atoms with Crippen LogP contribution >= 0.6 is 0 Å². The fraction of sp³-hybridized carbons (Fsp3) is 0.846. The van der Waals surface area contributed by atoms with Crippen LogP contribution in [0.15, 0.2) is 0 Å². The third-order valence-corrected chi connectivity index (χ3v) is 4.35. The van der Waals surface area contributed by atoms with Gasteiger partial charge >= 0.3 is 5.97 Å². The van der Waals surface area contributed by atoms with Crippen molar-refractivity contribution in [3.05, 3.63) is 0 Å². The van der Waals surface area contributed by atoms with Crippen LogP contribution in [-0.4, -0.2) is 35.0 Å². The van der Waals surface area contributed by atoms with E-state index in [1.807, 2.05) is 11.9 Å². The number of aliphatic carboxylic acids is 1. The van der Waals surface area contributed by atoms with E-state index in [4.69, 9.17) is 5.11 Å². The molecule has 0 spiro atoms. The van der Waals surface area contributed by atoms with Crippen LogP contribution in [0.5, 0.6) is 0 Å². The Hall–Kier alpha value is -1.06. The van der Waals surface area contributed by atoms with Gasteiger partial charge in [-0.3, -0.25) is 9.59 Å². The maximum atomic E-state index is 12.2. The monoisotopic (exact) mass is 239 g/mol. The van der Waals surface area contributed by atoms with E-state index < -0.39 is 5.97 Å². The van der Waals surface area contributed by atoms with E-state index in [2.05, 4.69) is 0 Å². The number of carboxylic acids is 1. The summed E-state index contributed by atoms with van der Waals surface area (Å²) < 4.78 is 0. The molecular weight excluding hydrogens is 218 g/mol. The van der Waals surface area contributed by atoms with Gasteiger partial charge in [0.05, 0.1) is 5.92 Å². The maximum absolute atomic E-state index is 12.2. The van der Waals surface area contributed by atoms with Gasteiger partial charge in [-0.05, 0) is 32.1 Å². The second-order valence-electron chi connectivity index (χ2n) is 5.43. The van der Waals surface area contributed by atoms with Crippen molar-refractivity contribution in [3.8, 4) is 0 Å². The van der Waals surface area contributed by atoms with Gasteiger partial charge in [-0.15, -0.1) is 0 Å².